The van der Waals surface area contributed by atoms with Gasteiger partial charge in [-0.05, 0) is 32.2 Å². The van der Waals surface area contributed by atoms with Crippen LogP contribution in [0.4, 0.5) is 5.69 Å². The summed E-state index contributed by atoms with van der Waals surface area (Å²) in [7, 11) is -0.356. The highest BCUT2D eigenvalue weighted by Crippen LogP contribution is 2.29. The van der Waals surface area contributed by atoms with Crippen molar-refractivity contribution in [2.45, 2.75) is 37.4 Å². The second-order valence-corrected chi connectivity index (χ2v) is 9.88. The minimum atomic E-state index is -3.87. The number of aliphatic hydroxyl groups is 1. The number of imidazole rings is 1. The number of anilines is 1. The Morgan fingerprint density at radius 2 is 2.12 bits per heavy atom. The van der Waals surface area contributed by atoms with E-state index in [1.165, 1.54) is 12.5 Å². The number of aromatic nitrogens is 2. The van der Waals surface area contributed by atoms with E-state index >= 15 is 0 Å². The summed E-state index contributed by atoms with van der Waals surface area (Å²) in [6.07, 6.45) is 2.63. The average Bonchev–Trinajstić information content (AvgIpc) is 3.20. The molecule has 1 aromatic heterocycles. The Labute approximate surface area is 188 Å². The lowest BCUT2D eigenvalue weighted by molar-refractivity contribution is -0.134. The van der Waals surface area contributed by atoms with Gasteiger partial charge in [0.15, 0.2) is 5.03 Å². The number of nitrogens with one attached hydrogen (secondary N) is 2. The van der Waals surface area contributed by atoms with E-state index in [9.17, 15) is 18.3 Å². The molecule has 0 bridgehead atoms. The maximum atomic E-state index is 13.1. The highest BCUT2D eigenvalue weighted by molar-refractivity contribution is 7.92. The van der Waals surface area contributed by atoms with Crippen molar-refractivity contribution in [3.05, 3.63) is 36.3 Å². The number of ether oxygens (including phenoxy) is 1. The maximum Gasteiger partial charge on any atom is 0.280 e. The summed E-state index contributed by atoms with van der Waals surface area (Å²) in [4.78, 5) is 18.7. The van der Waals surface area contributed by atoms with Gasteiger partial charge in [0.25, 0.3) is 10.0 Å². The number of hydrogen-bond acceptors (Lipinski definition) is 7. The molecule has 0 saturated carbocycles. The zero-order valence-corrected chi connectivity index (χ0v) is 19.6. The van der Waals surface area contributed by atoms with Gasteiger partial charge in [0.1, 0.15) is 11.9 Å². The van der Waals surface area contributed by atoms with Gasteiger partial charge in [0.05, 0.1) is 25.4 Å². The summed E-state index contributed by atoms with van der Waals surface area (Å²) in [5.41, 5.74) is 0.881. The van der Waals surface area contributed by atoms with Crippen molar-refractivity contribution in [1.29, 1.82) is 0 Å². The Hall–Kier alpha value is -2.63. The van der Waals surface area contributed by atoms with E-state index in [1.54, 1.807) is 41.6 Å². The smallest absolute Gasteiger partial charge is 0.280 e. The van der Waals surface area contributed by atoms with Gasteiger partial charge < -0.3 is 24.6 Å². The van der Waals surface area contributed by atoms with Crippen molar-refractivity contribution in [3.8, 4) is 5.75 Å². The molecule has 3 N–H and O–H groups in total. The van der Waals surface area contributed by atoms with Crippen molar-refractivity contribution in [1.82, 2.24) is 19.8 Å². The summed E-state index contributed by atoms with van der Waals surface area (Å²) in [6, 6.07) is 4.56. The van der Waals surface area contributed by atoms with Gasteiger partial charge in [-0.2, -0.15) is 8.42 Å². The molecular formula is C21H31N5O5S. The van der Waals surface area contributed by atoms with Crippen LogP contribution in [0.25, 0.3) is 0 Å². The molecule has 0 radical (unpaired) electrons. The minimum absolute atomic E-state index is 0.00804. The fourth-order valence-corrected chi connectivity index (χ4v) is 4.71. The van der Waals surface area contributed by atoms with Gasteiger partial charge in [0.2, 0.25) is 5.91 Å². The van der Waals surface area contributed by atoms with Crippen LogP contribution in [0.15, 0.2) is 35.7 Å². The number of aryl methyl sites for hydroxylation is 1. The Morgan fingerprint density at radius 3 is 2.75 bits per heavy atom. The largest absolute Gasteiger partial charge is 0.488 e. The topological polar surface area (TPSA) is 126 Å². The van der Waals surface area contributed by atoms with E-state index in [1.807, 2.05) is 14.0 Å². The number of amides is 1. The zero-order valence-electron chi connectivity index (χ0n) is 18.8. The van der Waals surface area contributed by atoms with E-state index in [2.05, 4.69) is 15.0 Å². The Balaban J connectivity index is 1.96. The first-order valence-corrected chi connectivity index (χ1v) is 12.0. The number of likely N-dealkylation sites (N-methyl/N-ethyl adjacent to an activating group) is 1. The number of carbonyl (C=O) groups excluding carboxylic acids is 1. The standard InChI is InChI=1S/C21H31N5O5S/c1-14-10-26(15(2)12-27)21(28)8-16-7-17(5-6-18(16)31-19(14)9-22-3)24-32(29,30)20-11-25(4)13-23-20/h5-7,11,13-15,19,22,24,27H,8-10,12H2,1-4H3/t14-,15+,19+/m1/s1. The van der Waals surface area contributed by atoms with E-state index in [0.717, 1.165) is 0 Å². The minimum Gasteiger partial charge on any atom is -0.488 e. The molecule has 32 heavy (non-hydrogen) atoms. The van der Waals surface area contributed by atoms with Crippen LogP contribution in [-0.4, -0.2) is 72.8 Å². The highest BCUT2D eigenvalue weighted by atomic mass is 32.2. The molecular weight excluding hydrogens is 434 g/mol. The first kappa shape index (κ1) is 24.0. The molecule has 0 fully saturated rings. The third-order valence-electron chi connectivity index (χ3n) is 5.53. The summed E-state index contributed by atoms with van der Waals surface area (Å²) in [6.45, 7) is 4.68. The highest BCUT2D eigenvalue weighted by Gasteiger charge is 2.30. The average molecular weight is 466 g/mol. The van der Waals surface area contributed by atoms with Crippen LogP contribution < -0.4 is 14.8 Å². The van der Waals surface area contributed by atoms with Crippen LogP contribution in [0, 0.1) is 5.92 Å². The number of hydrogen-bond donors (Lipinski definition) is 3. The van der Waals surface area contributed by atoms with Gasteiger partial charge >= 0.3 is 0 Å². The van der Waals surface area contributed by atoms with Crippen LogP contribution in [0.2, 0.25) is 0 Å². The Morgan fingerprint density at radius 1 is 1.38 bits per heavy atom. The molecule has 0 unspecified atom stereocenters. The molecule has 1 aromatic carbocycles. The Kier molecular flexibility index (Phi) is 7.42. The molecule has 0 aliphatic carbocycles. The molecule has 3 rings (SSSR count). The lowest BCUT2D eigenvalue weighted by atomic mass is 10.0. The number of sulfonamides is 1. The third kappa shape index (κ3) is 5.40. The van der Waals surface area contributed by atoms with Crippen molar-refractivity contribution in [2.75, 3.05) is 31.5 Å². The van der Waals surface area contributed by atoms with Crippen molar-refractivity contribution < 1.29 is 23.1 Å². The fraction of sp³-hybridized carbons (Fsp3) is 0.524. The van der Waals surface area contributed by atoms with Crippen LogP contribution in [0.3, 0.4) is 0 Å². The van der Waals surface area contributed by atoms with Gasteiger partial charge in [-0.15, -0.1) is 0 Å². The van der Waals surface area contributed by atoms with Crippen molar-refractivity contribution in [2.24, 2.45) is 13.0 Å². The fourth-order valence-electron chi connectivity index (χ4n) is 3.67. The van der Waals surface area contributed by atoms with E-state index in [0.29, 0.717) is 30.1 Å². The quantitative estimate of drug-likeness (QED) is 0.546. The van der Waals surface area contributed by atoms with Crippen LogP contribution in [0.1, 0.15) is 19.4 Å². The molecule has 3 atom stereocenters. The number of aliphatic hydroxyl groups excluding tert-OH is 1. The van der Waals surface area contributed by atoms with E-state index in [-0.39, 0.29) is 42.0 Å². The van der Waals surface area contributed by atoms with Crippen LogP contribution >= 0.6 is 0 Å². The molecule has 1 aliphatic rings. The molecule has 0 saturated heterocycles. The molecule has 2 aromatic rings. The lowest BCUT2D eigenvalue weighted by Crippen LogP contribution is -2.47. The SMILES string of the molecule is CNC[C@@H]1Oc2ccc(NS(=O)(=O)c3cn(C)cn3)cc2CC(=O)N([C@@H](C)CO)C[C@H]1C. The summed E-state index contributed by atoms with van der Waals surface area (Å²) >= 11 is 0. The summed E-state index contributed by atoms with van der Waals surface area (Å²) < 4.78 is 35.6. The summed E-state index contributed by atoms with van der Waals surface area (Å²) in [5.74, 6) is 0.386. The zero-order chi connectivity index (χ0) is 23.5. The second kappa shape index (κ2) is 9.88. The molecule has 1 aliphatic heterocycles. The van der Waals surface area contributed by atoms with E-state index < -0.39 is 10.0 Å². The van der Waals surface area contributed by atoms with Gasteiger partial charge in [-0.3, -0.25) is 9.52 Å². The molecule has 176 valence electrons. The number of rotatable bonds is 7. The Bertz CT molecular complexity index is 1050. The predicted octanol–water partition coefficient (Wildman–Crippen LogP) is 0.589. The second-order valence-electron chi connectivity index (χ2n) is 8.25. The molecule has 11 heteroatoms. The molecule has 0 spiro atoms. The maximum absolute atomic E-state index is 13.1. The number of benzene rings is 1. The van der Waals surface area contributed by atoms with Crippen LogP contribution in [-0.2, 0) is 28.3 Å². The van der Waals surface area contributed by atoms with Crippen molar-refractivity contribution >= 4 is 21.6 Å². The normalized spacial score (nSPS) is 20.5. The van der Waals surface area contributed by atoms with Gasteiger partial charge in [0, 0.05) is 43.5 Å². The summed E-state index contributed by atoms with van der Waals surface area (Å²) in [5, 5.41) is 12.7. The first-order valence-electron chi connectivity index (χ1n) is 10.5. The molecule has 1 amide bonds. The third-order valence-corrected chi connectivity index (χ3v) is 6.80. The number of nitrogens with zero attached hydrogens (tertiary/aromatic N) is 3. The van der Waals surface area contributed by atoms with Crippen molar-refractivity contribution in [3.63, 3.8) is 0 Å². The van der Waals surface area contributed by atoms with Crippen LogP contribution in [0.5, 0.6) is 5.75 Å². The molecule has 10 nitrogen and oxygen atoms in total. The first-order chi connectivity index (χ1) is 15.1. The number of fused-ring (bicyclic) bond motifs is 1. The lowest BCUT2D eigenvalue weighted by Gasteiger charge is -2.32. The van der Waals surface area contributed by atoms with Gasteiger partial charge in [-0.1, -0.05) is 6.92 Å². The molecule has 2 heterocycles. The van der Waals surface area contributed by atoms with Gasteiger partial charge in [-0.25, -0.2) is 4.98 Å². The monoisotopic (exact) mass is 465 g/mol. The number of carbonyl (C=O) groups is 1. The predicted molar refractivity (Wildman–Crippen MR) is 120 cm³/mol. The van der Waals surface area contributed by atoms with E-state index in [4.69, 9.17) is 4.74 Å².